The minimum absolute atomic E-state index is 0. The molecule has 0 aliphatic rings. The van der Waals surface area contributed by atoms with Crippen LogP contribution in [0, 0.1) is 11.3 Å². The molecule has 0 spiro atoms. The molecule has 17 heavy (non-hydrogen) atoms. The molecule has 0 aromatic rings. The van der Waals surface area contributed by atoms with Crippen LogP contribution in [0.25, 0.3) is 0 Å². The maximum atomic E-state index is 11.2. The molecule has 5 heteroatoms. The van der Waals surface area contributed by atoms with Gasteiger partial charge in [-0.2, -0.15) is 0 Å². The van der Waals surface area contributed by atoms with Gasteiger partial charge in [0.05, 0.1) is 0 Å². The van der Waals surface area contributed by atoms with E-state index in [2.05, 4.69) is 6.92 Å². The molecule has 0 aliphatic heterocycles. The van der Waals surface area contributed by atoms with Gasteiger partial charge in [-0.1, -0.05) is 46.5 Å². The van der Waals surface area contributed by atoms with E-state index < -0.39 is 23.3 Å². The average Bonchev–Trinajstić information content (AvgIpc) is 2.16. The van der Waals surface area contributed by atoms with Crippen molar-refractivity contribution in [3.63, 3.8) is 0 Å². The van der Waals surface area contributed by atoms with Crippen molar-refractivity contribution in [1.29, 1.82) is 0 Å². The number of aliphatic carboxylic acids is 2. The number of rotatable bonds is 8. The normalized spacial score (nSPS) is 11.1. The van der Waals surface area contributed by atoms with Gasteiger partial charge in [0.1, 0.15) is 0 Å². The van der Waals surface area contributed by atoms with Crippen molar-refractivity contribution in [1.82, 2.24) is 0 Å². The fourth-order valence-corrected chi connectivity index (χ4v) is 1.92. The second-order valence-electron chi connectivity index (χ2n) is 4.55. The van der Waals surface area contributed by atoms with Gasteiger partial charge in [0.15, 0.2) is 5.41 Å². The van der Waals surface area contributed by atoms with Crippen LogP contribution in [0.15, 0.2) is 0 Å². The first-order chi connectivity index (χ1) is 7.39. The van der Waals surface area contributed by atoms with Gasteiger partial charge in [0, 0.05) is 0 Å². The summed E-state index contributed by atoms with van der Waals surface area (Å²) in [5, 5.41) is 18.3. The zero-order valence-electron chi connectivity index (χ0n) is 10.3. The molecule has 0 aromatic carbocycles. The first-order valence-electron chi connectivity index (χ1n) is 5.86. The molecule has 0 radical (unpaired) electrons. The second kappa shape index (κ2) is 8.95. The van der Waals surface area contributed by atoms with Gasteiger partial charge in [-0.25, -0.2) is 0 Å². The van der Waals surface area contributed by atoms with E-state index in [0.717, 1.165) is 19.3 Å². The van der Waals surface area contributed by atoms with Crippen molar-refractivity contribution >= 4 is 41.5 Å². The van der Waals surface area contributed by atoms with Gasteiger partial charge in [-0.15, -0.1) is 0 Å². The summed E-state index contributed by atoms with van der Waals surface area (Å²) in [4.78, 5) is 22.4. The minimum atomic E-state index is -1.62. The summed E-state index contributed by atoms with van der Waals surface area (Å²) in [6.45, 7) is 5.37. The predicted molar refractivity (Wildman–Crippen MR) is 68.5 cm³/mol. The third kappa shape index (κ3) is 4.98. The maximum absolute atomic E-state index is 11.2. The molecule has 0 saturated heterocycles. The Morgan fingerprint density at radius 2 is 1.53 bits per heavy atom. The fourth-order valence-electron chi connectivity index (χ4n) is 1.92. The summed E-state index contributed by atoms with van der Waals surface area (Å²) in [7, 11) is 0. The Morgan fingerprint density at radius 3 is 1.82 bits per heavy atom. The van der Waals surface area contributed by atoms with Crippen LogP contribution >= 0.6 is 0 Å². The molecule has 0 bridgehead atoms. The third-order valence-corrected chi connectivity index (χ3v) is 3.17. The van der Waals surface area contributed by atoms with Crippen LogP contribution in [0.4, 0.5) is 0 Å². The molecular formula is C12H23NaO4. The van der Waals surface area contributed by atoms with E-state index in [-0.39, 0.29) is 36.0 Å². The molecular weight excluding hydrogens is 231 g/mol. The number of unbranched alkanes of at least 4 members (excludes halogenated alkanes) is 3. The molecule has 0 amide bonds. The van der Waals surface area contributed by atoms with Crippen molar-refractivity contribution in [3.05, 3.63) is 0 Å². The summed E-state index contributed by atoms with van der Waals surface area (Å²) in [6, 6.07) is 0. The number of carboxylic acid groups (broad SMARTS) is 2. The number of hydrogen-bond acceptors (Lipinski definition) is 2. The van der Waals surface area contributed by atoms with Crippen molar-refractivity contribution < 1.29 is 19.8 Å². The monoisotopic (exact) mass is 254 g/mol. The quantitative estimate of drug-likeness (QED) is 0.395. The SMILES string of the molecule is CCCCCCC(C(=O)O)(C(=O)O)C(C)C.[NaH]. The van der Waals surface area contributed by atoms with Gasteiger partial charge in [0.25, 0.3) is 0 Å². The Labute approximate surface area is 125 Å². The Morgan fingerprint density at radius 1 is 1.06 bits per heavy atom. The van der Waals surface area contributed by atoms with Gasteiger partial charge in [-0.05, 0) is 12.3 Å². The zero-order chi connectivity index (χ0) is 12.8. The van der Waals surface area contributed by atoms with E-state index in [1.807, 2.05) is 0 Å². The van der Waals surface area contributed by atoms with Crippen molar-refractivity contribution in [2.75, 3.05) is 0 Å². The predicted octanol–water partition coefficient (Wildman–Crippen LogP) is 2.12. The average molecular weight is 254 g/mol. The third-order valence-electron chi connectivity index (χ3n) is 3.17. The van der Waals surface area contributed by atoms with Gasteiger partial charge < -0.3 is 10.2 Å². The molecule has 0 saturated carbocycles. The summed E-state index contributed by atoms with van der Waals surface area (Å²) >= 11 is 0. The van der Waals surface area contributed by atoms with Crippen LogP contribution < -0.4 is 0 Å². The zero-order valence-corrected chi connectivity index (χ0v) is 10.3. The Kier molecular flexibility index (Phi) is 10.2. The van der Waals surface area contributed by atoms with Gasteiger partial charge in [-0.3, -0.25) is 9.59 Å². The summed E-state index contributed by atoms with van der Waals surface area (Å²) < 4.78 is 0. The molecule has 0 aromatic heterocycles. The molecule has 0 unspecified atom stereocenters. The Balaban J connectivity index is 0. The van der Waals surface area contributed by atoms with Crippen LogP contribution in [0.1, 0.15) is 52.9 Å². The van der Waals surface area contributed by atoms with Crippen LogP contribution in [0.2, 0.25) is 0 Å². The molecule has 0 aliphatic carbocycles. The van der Waals surface area contributed by atoms with E-state index in [0.29, 0.717) is 6.42 Å². The Hall–Kier alpha value is -0.0600. The standard InChI is InChI=1S/C12H22O4.Na.H/c1-4-5-6-7-8-12(9(2)3,10(13)14)11(15)16;;/h9H,4-8H2,1-3H3,(H,13,14)(H,15,16);;. The van der Waals surface area contributed by atoms with Gasteiger partial charge in [0.2, 0.25) is 0 Å². The van der Waals surface area contributed by atoms with Crippen molar-refractivity contribution in [2.24, 2.45) is 11.3 Å². The molecule has 2 N–H and O–H groups in total. The summed E-state index contributed by atoms with van der Waals surface area (Å²) in [6.07, 6.45) is 3.84. The number of carbonyl (C=O) groups is 2. The van der Waals surface area contributed by atoms with E-state index >= 15 is 0 Å². The Bertz CT molecular complexity index is 237. The molecule has 0 atom stereocenters. The number of carboxylic acids is 2. The molecule has 96 valence electrons. The molecule has 0 rings (SSSR count). The van der Waals surface area contributed by atoms with Crippen molar-refractivity contribution in [3.8, 4) is 0 Å². The van der Waals surface area contributed by atoms with Gasteiger partial charge >= 0.3 is 41.5 Å². The van der Waals surface area contributed by atoms with Crippen LogP contribution in [0.5, 0.6) is 0 Å². The number of hydrogen-bond donors (Lipinski definition) is 2. The fraction of sp³-hybridized carbons (Fsp3) is 0.833. The molecule has 4 nitrogen and oxygen atoms in total. The topological polar surface area (TPSA) is 74.6 Å². The van der Waals surface area contributed by atoms with E-state index in [4.69, 9.17) is 10.2 Å². The summed E-state index contributed by atoms with van der Waals surface area (Å²) in [5.74, 6) is -2.83. The van der Waals surface area contributed by atoms with E-state index in [1.165, 1.54) is 0 Å². The molecule has 0 heterocycles. The first kappa shape index (κ1) is 19.3. The van der Waals surface area contributed by atoms with Crippen LogP contribution in [0.3, 0.4) is 0 Å². The first-order valence-corrected chi connectivity index (χ1v) is 5.86. The van der Waals surface area contributed by atoms with Crippen LogP contribution in [-0.2, 0) is 9.59 Å². The van der Waals surface area contributed by atoms with E-state index in [1.54, 1.807) is 13.8 Å². The van der Waals surface area contributed by atoms with E-state index in [9.17, 15) is 9.59 Å². The summed E-state index contributed by atoms with van der Waals surface area (Å²) in [5.41, 5.74) is -1.62. The van der Waals surface area contributed by atoms with Crippen LogP contribution in [-0.4, -0.2) is 51.7 Å². The molecule has 0 fully saturated rings. The van der Waals surface area contributed by atoms with Crippen molar-refractivity contribution in [2.45, 2.75) is 52.9 Å². The second-order valence-corrected chi connectivity index (χ2v) is 4.55.